The van der Waals surface area contributed by atoms with E-state index in [0.717, 1.165) is 15.7 Å². The summed E-state index contributed by atoms with van der Waals surface area (Å²) < 4.78 is 2.42. The van der Waals surface area contributed by atoms with E-state index in [1.807, 2.05) is 36.6 Å². The van der Waals surface area contributed by atoms with Crippen molar-refractivity contribution in [3.63, 3.8) is 0 Å². The Bertz CT molecular complexity index is 1520. The number of hydrogen-bond donors (Lipinski definition) is 2. The minimum Gasteiger partial charge on any atom is -0.350 e. The highest BCUT2D eigenvalue weighted by Gasteiger charge is 2.16. The van der Waals surface area contributed by atoms with Gasteiger partial charge in [-0.2, -0.15) is 0 Å². The molecule has 10 heteroatoms. The number of carbonyl (C=O) groups is 2. The fraction of sp³-hybridized carbons (Fsp3) is 0.240. The van der Waals surface area contributed by atoms with Crippen molar-refractivity contribution in [1.29, 1.82) is 0 Å². The average molecular weight is 492 g/mol. The number of anilines is 1. The van der Waals surface area contributed by atoms with Crippen molar-refractivity contribution in [3.8, 4) is 11.3 Å². The number of fused-ring (bicyclic) bond motifs is 1. The van der Waals surface area contributed by atoms with Crippen LogP contribution in [0.3, 0.4) is 0 Å². The van der Waals surface area contributed by atoms with Crippen LogP contribution in [0.2, 0.25) is 0 Å². The third-order valence-corrected chi connectivity index (χ3v) is 6.38. The van der Waals surface area contributed by atoms with Crippen LogP contribution in [0.5, 0.6) is 0 Å². The first kappa shape index (κ1) is 24.1. The highest BCUT2D eigenvalue weighted by Crippen LogP contribution is 2.26. The van der Waals surface area contributed by atoms with E-state index in [9.17, 15) is 19.2 Å². The number of nitrogens with one attached hydrogen (secondary N) is 2. The molecule has 0 aliphatic carbocycles. The number of rotatable bonds is 7. The van der Waals surface area contributed by atoms with E-state index < -0.39 is 11.6 Å². The zero-order chi connectivity index (χ0) is 25.1. The molecule has 0 saturated heterocycles. The van der Waals surface area contributed by atoms with Gasteiger partial charge in [-0.25, -0.2) is 9.78 Å². The van der Waals surface area contributed by atoms with Crippen molar-refractivity contribution in [2.45, 2.75) is 39.9 Å². The first-order valence-electron chi connectivity index (χ1n) is 11.1. The molecule has 0 radical (unpaired) electrons. The van der Waals surface area contributed by atoms with Gasteiger partial charge in [-0.3, -0.25) is 23.5 Å². The van der Waals surface area contributed by atoms with Gasteiger partial charge in [0, 0.05) is 24.4 Å². The van der Waals surface area contributed by atoms with Crippen LogP contribution >= 0.6 is 11.3 Å². The number of amides is 2. The minimum absolute atomic E-state index is 0.0924. The Morgan fingerprint density at radius 3 is 2.46 bits per heavy atom. The highest BCUT2D eigenvalue weighted by molar-refractivity contribution is 7.14. The second-order valence-corrected chi connectivity index (χ2v) is 8.92. The van der Waals surface area contributed by atoms with E-state index in [1.54, 1.807) is 31.2 Å². The molecule has 2 aromatic carbocycles. The molecule has 0 aliphatic heterocycles. The predicted octanol–water partition coefficient (Wildman–Crippen LogP) is 3.14. The van der Waals surface area contributed by atoms with Gasteiger partial charge in [0.05, 0.1) is 22.6 Å². The van der Waals surface area contributed by atoms with Crippen LogP contribution in [0.15, 0.2) is 63.5 Å². The van der Waals surface area contributed by atoms with Gasteiger partial charge in [0.1, 0.15) is 6.54 Å². The molecule has 4 aromatic rings. The normalized spacial score (nSPS) is 11.9. The number of para-hydroxylation sites is 1. The quantitative estimate of drug-likeness (QED) is 0.412. The van der Waals surface area contributed by atoms with Crippen LogP contribution in [0.25, 0.3) is 22.2 Å². The molecule has 9 nitrogen and oxygen atoms in total. The van der Waals surface area contributed by atoms with Gasteiger partial charge in [0.15, 0.2) is 5.13 Å². The molecule has 1 unspecified atom stereocenters. The Morgan fingerprint density at radius 2 is 1.77 bits per heavy atom. The van der Waals surface area contributed by atoms with Crippen molar-refractivity contribution >= 4 is 39.2 Å². The predicted molar refractivity (Wildman–Crippen MR) is 137 cm³/mol. The lowest BCUT2D eigenvalue weighted by atomic mass is 10.1. The average Bonchev–Trinajstić information content (AvgIpc) is 3.30. The van der Waals surface area contributed by atoms with Crippen molar-refractivity contribution < 1.29 is 9.59 Å². The van der Waals surface area contributed by atoms with Crippen molar-refractivity contribution in [2.24, 2.45) is 0 Å². The molecule has 1 atom stereocenters. The number of hydrogen-bond acceptors (Lipinski definition) is 6. The van der Waals surface area contributed by atoms with E-state index in [0.29, 0.717) is 21.7 Å². The molecule has 35 heavy (non-hydrogen) atoms. The van der Waals surface area contributed by atoms with Crippen LogP contribution in [-0.4, -0.2) is 25.9 Å². The lowest BCUT2D eigenvalue weighted by Crippen LogP contribution is -2.41. The Morgan fingerprint density at radius 1 is 1.06 bits per heavy atom. The van der Waals surface area contributed by atoms with Gasteiger partial charge in [0.25, 0.3) is 5.56 Å². The molecule has 2 N–H and O–H groups in total. The smallest absolute Gasteiger partial charge is 0.331 e. The fourth-order valence-electron chi connectivity index (χ4n) is 3.90. The molecule has 4 rings (SSSR count). The summed E-state index contributed by atoms with van der Waals surface area (Å²) in [6, 6.07) is 14.3. The van der Waals surface area contributed by atoms with Gasteiger partial charge in [-0.1, -0.05) is 36.4 Å². The van der Waals surface area contributed by atoms with Gasteiger partial charge in [0.2, 0.25) is 11.8 Å². The first-order valence-corrected chi connectivity index (χ1v) is 12.0. The maximum atomic E-state index is 12.9. The Labute approximate surface area is 205 Å². The molecule has 0 aliphatic rings. The number of aromatic nitrogens is 3. The highest BCUT2D eigenvalue weighted by atomic mass is 32.1. The van der Waals surface area contributed by atoms with E-state index in [4.69, 9.17) is 0 Å². The van der Waals surface area contributed by atoms with Crippen LogP contribution < -0.4 is 21.9 Å². The summed E-state index contributed by atoms with van der Waals surface area (Å²) >= 11 is 1.28. The summed E-state index contributed by atoms with van der Waals surface area (Å²) in [5, 5.41) is 8.22. The SMILES string of the molecule is CCn1c(=O)c2ccccc2n(CC(=O)Nc2nc(-c3ccc(C(C)NC(C)=O)cc3)cs2)c1=O. The van der Waals surface area contributed by atoms with E-state index >= 15 is 0 Å². The molecule has 180 valence electrons. The van der Waals surface area contributed by atoms with Gasteiger partial charge in [-0.15, -0.1) is 11.3 Å². The van der Waals surface area contributed by atoms with Gasteiger partial charge in [-0.05, 0) is 31.5 Å². The molecular formula is C25H25N5O4S. The summed E-state index contributed by atoms with van der Waals surface area (Å²) in [5.41, 5.74) is 2.06. The monoisotopic (exact) mass is 491 g/mol. The summed E-state index contributed by atoms with van der Waals surface area (Å²) in [6.45, 7) is 5.07. The first-order chi connectivity index (χ1) is 16.8. The minimum atomic E-state index is -0.528. The van der Waals surface area contributed by atoms with Crippen molar-refractivity contribution in [2.75, 3.05) is 5.32 Å². The lowest BCUT2D eigenvalue weighted by Gasteiger charge is -2.13. The van der Waals surface area contributed by atoms with E-state index in [-0.39, 0.29) is 30.6 Å². The molecule has 0 spiro atoms. The molecule has 0 fully saturated rings. The van der Waals surface area contributed by atoms with Crippen LogP contribution in [0.1, 0.15) is 32.4 Å². The largest absolute Gasteiger partial charge is 0.350 e. The molecule has 0 saturated carbocycles. The number of carbonyl (C=O) groups excluding carboxylic acids is 2. The fourth-order valence-corrected chi connectivity index (χ4v) is 4.64. The second kappa shape index (κ2) is 10.1. The Hall–Kier alpha value is -4.05. The second-order valence-electron chi connectivity index (χ2n) is 8.07. The van der Waals surface area contributed by atoms with Gasteiger partial charge < -0.3 is 10.6 Å². The Balaban J connectivity index is 1.52. The van der Waals surface area contributed by atoms with Crippen LogP contribution in [-0.2, 0) is 22.7 Å². The molecule has 2 heterocycles. The molecule has 2 aromatic heterocycles. The number of nitrogens with zero attached hydrogens (tertiary/aromatic N) is 3. The molecule has 2 amide bonds. The standard InChI is InChI=1S/C25H25N5O4S/c1-4-29-23(33)19-7-5-6-8-21(19)30(25(29)34)13-22(32)28-24-27-20(14-35-24)18-11-9-17(10-12-18)15(2)26-16(3)31/h5-12,14-15H,4,13H2,1-3H3,(H,26,31)(H,27,28,32). The van der Waals surface area contributed by atoms with Gasteiger partial charge >= 0.3 is 5.69 Å². The Kier molecular flexibility index (Phi) is 6.92. The zero-order valence-electron chi connectivity index (χ0n) is 19.6. The topological polar surface area (TPSA) is 115 Å². The maximum absolute atomic E-state index is 12.9. The van der Waals surface area contributed by atoms with Crippen molar-refractivity contribution in [1.82, 2.24) is 19.4 Å². The number of thiazole rings is 1. The summed E-state index contributed by atoms with van der Waals surface area (Å²) in [6.07, 6.45) is 0. The van der Waals surface area contributed by atoms with E-state index in [1.165, 1.54) is 22.8 Å². The van der Waals surface area contributed by atoms with Crippen LogP contribution in [0.4, 0.5) is 5.13 Å². The maximum Gasteiger partial charge on any atom is 0.331 e. The third-order valence-electron chi connectivity index (χ3n) is 5.63. The van der Waals surface area contributed by atoms with Crippen molar-refractivity contribution in [3.05, 3.63) is 80.3 Å². The van der Waals surface area contributed by atoms with Crippen LogP contribution in [0, 0.1) is 0 Å². The summed E-state index contributed by atoms with van der Waals surface area (Å²) in [4.78, 5) is 54.0. The molecule has 0 bridgehead atoms. The molecular weight excluding hydrogens is 466 g/mol. The lowest BCUT2D eigenvalue weighted by molar-refractivity contribution is -0.119. The summed E-state index contributed by atoms with van der Waals surface area (Å²) in [5.74, 6) is -0.510. The third kappa shape index (κ3) is 5.07. The van der Waals surface area contributed by atoms with E-state index in [2.05, 4.69) is 15.6 Å². The summed E-state index contributed by atoms with van der Waals surface area (Å²) in [7, 11) is 0. The number of benzene rings is 2. The zero-order valence-corrected chi connectivity index (χ0v) is 20.4.